The maximum Gasteiger partial charge on any atom is 0.344 e. The Balaban J connectivity index is 1.60. The maximum atomic E-state index is 13.6. The van der Waals surface area contributed by atoms with Crippen LogP contribution >= 0.6 is 15.9 Å². The second kappa shape index (κ2) is 9.58. The molecule has 0 unspecified atom stereocenters. The van der Waals surface area contributed by atoms with E-state index in [9.17, 15) is 9.59 Å². The highest BCUT2D eigenvalue weighted by Crippen LogP contribution is 2.36. The third-order valence-corrected chi connectivity index (χ3v) is 6.59. The number of rotatable bonds is 5. The molecular formula is C28H23BrO6. The first-order valence-corrected chi connectivity index (χ1v) is 12.2. The predicted octanol–water partition coefficient (Wildman–Crippen LogP) is 6.47. The van der Waals surface area contributed by atoms with E-state index in [0.29, 0.717) is 74.8 Å². The van der Waals surface area contributed by atoms with Gasteiger partial charge in [-0.15, -0.1) is 0 Å². The summed E-state index contributed by atoms with van der Waals surface area (Å²) in [6, 6.07) is 15.9. The number of fused-ring (bicyclic) bond motifs is 2. The van der Waals surface area contributed by atoms with Gasteiger partial charge in [-0.05, 0) is 70.7 Å². The number of hydrogen-bond acceptors (Lipinski definition) is 6. The largest absolute Gasteiger partial charge is 0.486 e. The molecule has 0 fully saturated rings. The number of carbonyl (C=O) groups excluding carboxylic acids is 1. The van der Waals surface area contributed by atoms with Crippen molar-refractivity contribution >= 4 is 32.9 Å². The van der Waals surface area contributed by atoms with E-state index >= 15 is 0 Å². The molecule has 0 saturated carbocycles. The fraction of sp³-hybridized carbons (Fsp3) is 0.214. The average molecular weight is 535 g/mol. The molecule has 5 rings (SSSR count). The summed E-state index contributed by atoms with van der Waals surface area (Å²) in [6.07, 6.45) is 1.46. The first-order valence-electron chi connectivity index (χ1n) is 11.4. The lowest BCUT2D eigenvalue weighted by Crippen LogP contribution is -2.15. The predicted molar refractivity (Wildman–Crippen MR) is 137 cm³/mol. The Morgan fingerprint density at radius 3 is 2.57 bits per heavy atom. The van der Waals surface area contributed by atoms with Crippen LogP contribution in [-0.2, 0) is 6.42 Å². The van der Waals surface area contributed by atoms with Gasteiger partial charge in [0.1, 0.15) is 30.3 Å². The summed E-state index contributed by atoms with van der Waals surface area (Å²) in [5.74, 6) is 1.62. The van der Waals surface area contributed by atoms with Crippen molar-refractivity contribution in [2.45, 2.75) is 26.7 Å². The van der Waals surface area contributed by atoms with Crippen molar-refractivity contribution in [1.82, 2.24) is 0 Å². The molecule has 0 aliphatic carbocycles. The van der Waals surface area contributed by atoms with Gasteiger partial charge in [0.05, 0.1) is 16.5 Å². The average Bonchev–Trinajstić information content (AvgIpc) is 2.85. The van der Waals surface area contributed by atoms with E-state index < -0.39 is 5.97 Å². The molecule has 1 aliphatic heterocycles. The molecule has 2 heterocycles. The topological polar surface area (TPSA) is 75.0 Å². The van der Waals surface area contributed by atoms with E-state index in [1.807, 2.05) is 19.1 Å². The van der Waals surface area contributed by atoms with Gasteiger partial charge >= 0.3 is 5.97 Å². The van der Waals surface area contributed by atoms with E-state index in [-0.39, 0.29) is 5.43 Å². The van der Waals surface area contributed by atoms with Crippen LogP contribution < -0.4 is 19.6 Å². The normalized spacial score (nSPS) is 12.5. The Labute approximate surface area is 210 Å². The Morgan fingerprint density at radius 2 is 1.80 bits per heavy atom. The fourth-order valence-electron chi connectivity index (χ4n) is 4.25. The monoisotopic (exact) mass is 534 g/mol. The van der Waals surface area contributed by atoms with Crippen molar-refractivity contribution < 1.29 is 23.4 Å². The van der Waals surface area contributed by atoms with Gasteiger partial charge in [0.2, 0.25) is 5.43 Å². The molecule has 4 aromatic rings. The zero-order valence-corrected chi connectivity index (χ0v) is 20.9. The first kappa shape index (κ1) is 23.2. The number of ether oxygens (including phenoxy) is 3. The van der Waals surface area contributed by atoms with Crippen LogP contribution in [0.15, 0.2) is 68.3 Å². The summed E-state index contributed by atoms with van der Waals surface area (Å²) >= 11 is 3.39. The van der Waals surface area contributed by atoms with Crippen molar-refractivity contribution in [3.8, 4) is 28.4 Å². The molecule has 1 aromatic heterocycles. The molecule has 1 aliphatic rings. The summed E-state index contributed by atoms with van der Waals surface area (Å²) < 4.78 is 23.8. The number of carbonyl (C=O) groups is 1. The van der Waals surface area contributed by atoms with Gasteiger partial charge in [-0.3, -0.25) is 4.79 Å². The smallest absolute Gasteiger partial charge is 0.344 e. The molecule has 35 heavy (non-hydrogen) atoms. The minimum absolute atomic E-state index is 0.151. The van der Waals surface area contributed by atoms with Crippen LogP contribution in [0.3, 0.4) is 0 Å². The number of esters is 1. The molecule has 6 nitrogen and oxygen atoms in total. The van der Waals surface area contributed by atoms with Gasteiger partial charge in [-0.2, -0.15) is 0 Å². The zero-order chi connectivity index (χ0) is 24.5. The van der Waals surface area contributed by atoms with Crippen molar-refractivity contribution in [3.63, 3.8) is 0 Å². The van der Waals surface area contributed by atoms with Crippen LogP contribution in [0.5, 0.6) is 17.2 Å². The molecule has 0 bridgehead atoms. The Hall–Kier alpha value is -3.58. The Morgan fingerprint density at radius 1 is 1.03 bits per heavy atom. The number of aryl methyl sites for hydroxylation is 2. The van der Waals surface area contributed by atoms with Crippen LogP contribution in [0, 0.1) is 6.92 Å². The van der Waals surface area contributed by atoms with Crippen LogP contribution in [0.1, 0.15) is 35.0 Å². The molecule has 0 N–H and O–H groups in total. The Bertz CT molecular complexity index is 1500. The maximum absolute atomic E-state index is 13.6. The van der Waals surface area contributed by atoms with Gasteiger partial charge in [0.25, 0.3) is 0 Å². The Kier molecular flexibility index (Phi) is 6.34. The SMILES string of the molecule is CCCc1cc2c(=O)c(-c3ccc4c(c3)OCCO4)c(C)oc2cc1OC(=O)c1ccccc1Br. The standard InChI is InChI=1S/C28H23BrO6/c1-3-6-17-13-20-24(15-23(17)35-28(31)19-7-4-5-8-21(19)29)34-16(2)26(27(20)30)18-9-10-22-25(14-18)33-12-11-32-22/h4-5,7-10,13-15H,3,6,11-12H2,1-2H3. The summed E-state index contributed by atoms with van der Waals surface area (Å²) in [7, 11) is 0. The highest BCUT2D eigenvalue weighted by Gasteiger charge is 2.21. The number of halogens is 1. The fourth-order valence-corrected chi connectivity index (χ4v) is 4.70. The lowest BCUT2D eigenvalue weighted by Gasteiger charge is -2.19. The lowest BCUT2D eigenvalue weighted by atomic mass is 9.99. The highest BCUT2D eigenvalue weighted by molar-refractivity contribution is 9.10. The minimum atomic E-state index is -0.485. The van der Waals surface area contributed by atoms with Gasteiger partial charge < -0.3 is 18.6 Å². The van der Waals surface area contributed by atoms with Crippen LogP contribution in [0.25, 0.3) is 22.1 Å². The molecule has 178 valence electrons. The minimum Gasteiger partial charge on any atom is -0.486 e. The number of benzene rings is 3. The second-order valence-corrected chi connectivity index (χ2v) is 9.15. The van der Waals surface area contributed by atoms with Crippen molar-refractivity contribution in [2.75, 3.05) is 13.2 Å². The summed E-state index contributed by atoms with van der Waals surface area (Å²) in [5.41, 5.74) is 2.56. The zero-order valence-electron chi connectivity index (χ0n) is 19.4. The quantitative estimate of drug-likeness (QED) is 0.215. The third-order valence-electron chi connectivity index (χ3n) is 5.90. The molecule has 3 aromatic carbocycles. The summed E-state index contributed by atoms with van der Waals surface area (Å²) in [5, 5.41) is 0.435. The van der Waals surface area contributed by atoms with E-state index in [1.165, 1.54) is 0 Å². The van der Waals surface area contributed by atoms with Crippen LogP contribution in [-0.4, -0.2) is 19.2 Å². The van der Waals surface area contributed by atoms with Crippen LogP contribution in [0.2, 0.25) is 0 Å². The van der Waals surface area contributed by atoms with E-state index in [4.69, 9.17) is 18.6 Å². The van der Waals surface area contributed by atoms with Crippen molar-refractivity contribution in [1.29, 1.82) is 0 Å². The van der Waals surface area contributed by atoms with Gasteiger partial charge in [0, 0.05) is 10.5 Å². The summed E-state index contributed by atoms with van der Waals surface area (Å²) in [4.78, 5) is 26.5. The van der Waals surface area contributed by atoms with E-state index in [1.54, 1.807) is 49.4 Å². The van der Waals surface area contributed by atoms with Gasteiger partial charge in [-0.1, -0.05) is 31.5 Å². The molecule has 7 heteroatoms. The number of hydrogen-bond donors (Lipinski definition) is 0. The highest BCUT2D eigenvalue weighted by atomic mass is 79.9. The van der Waals surface area contributed by atoms with E-state index in [0.717, 1.165) is 12.0 Å². The third kappa shape index (κ3) is 4.44. The molecule has 0 spiro atoms. The van der Waals surface area contributed by atoms with Gasteiger partial charge in [0.15, 0.2) is 11.5 Å². The molecular weight excluding hydrogens is 512 g/mol. The molecule has 0 amide bonds. The van der Waals surface area contributed by atoms with E-state index in [2.05, 4.69) is 15.9 Å². The van der Waals surface area contributed by atoms with Gasteiger partial charge in [-0.25, -0.2) is 4.79 Å². The first-order chi connectivity index (χ1) is 17.0. The lowest BCUT2D eigenvalue weighted by molar-refractivity contribution is 0.0732. The van der Waals surface area contributed by atoms with Crippen molar-refractivity contribution in [2.24, 2.45) is 0 Å². The summed E-state index contributed by atoms with van der Waals surface area (Å²) in [6.45, 7) is 4.74. The second-order valence-electron chi connectivity index (χ2n) is 8.30. The molecule has 0 atom stereocenters. The van der Waals surface area contributed by atoms with Crippen molar-refractivity contribution in [3.05, 3.63) is 86.2 Å². The van der Waals surface area contributed by atoms with Crippen LogP contribution in [0.4, 0.5) is 0 Å². The molecule has 0 saturated heterocycles. The molecule has 0 radical (unpaired) electrons.